The fourth-order valence-corrected chi connectivity index (χ4v) is 1.59. The van der Waals surface area contributed by atoms with Crippen LogP contribution in [0.3, 0.4) is 0 Å². The number of ether oxygens (including phenoxy) is 1. The van der Waals surface area contributed by atoms with E-state index >= 15 is 0 Å². The van der Waals surface area contributed by atoms with E-state index in [1.165, 1.54) is 4.90 Å². The highest BCUT2D eigenvalue weighted by Crippen LogP contribution is 2.20. The molecule has 1 aliphatic rings. The van der Waals surface area contributed by atoms with Crippen molar-refractivity contribution in [2.24, 2.45) is 0 Å². The van der Waals surface area contributed by atoms with E-state index < -0.39 is 17.7 Å². The van der Waals surface area contributed by atoms with E-state index in [-0.39, 0.29) is 6.54 Å². The number of nitrogens with zero attached hydrogens (tertiary/aromatic N) is 1. The van der Waals surface area contributed by atoms with Gasteiger partial charge in [0.05, 0.1) is 12.1 Å². The van der Waals surface area contributed by atoms with Gasteiger partial charge in [0.25, 0.3) is 0 Å². The third-order valence-electron chi connectivity index (χ3n) is 2.53. The van der Waals surface area contributed by atoms with Gasteiger partial charge in [0, 0.05) is 6.54 Å². The summed E-state index contributed by atoms with van der Waals surface area (Å²) in [6.07, 6.45) is 0.129. The first-order valence-electron chi connectivity index (χ1n) is 6.60. The standard InChI is InChI=1S/C12H19NO4.C2H6/c1-8-5-6-13(7-9(8)10(14)15)11(16)17-12(2,3)4;1-2/h5-7H2,1-4H3,(H,14,15);1-2H3. The van der Waals surface area contributed by atoms with Gasteiger partial charge in [0.15, 0.2) is 0 Å². The summed E-state index contributed by atoms with van der Waals surface area (Å²) in [6, 6.07) is 0. The van der Waals surface area contributed by atoms with Crippen molar-refractivity contribution in [3.8, 4) is 0 Å². The maximum Gasteiger partial charge on any atom is 0.410 e. The van der Waals surface area contributed by atoms with Crippen molar-refractivity contribution in [2.75, 3.05) is 13.1 Å². The van der Waals surface area contributed by atoms with Gasteiger partial charge in [0.1, 0.15) is 5.60 Å². The second-order valence-electron chi connectivity index (χ2n) is 5.22. The Labute approximate surface area is 115 Å². The first-order valence-corrected chi connectivity index (χ1v) is 6.60. The molecule has 5 heteroatoms. The molecule has 0 aliphatic carbocycles. The van der Waals surface area contributed by atoms with Crippen LogP contribution in [0.4, 0.5) is 4.79 Å². The second-order valence-corrected chi connectivity index (χ2v) is 5.22. The van der Waals surface area contributed by atoms with Gasteiger partial charge < -0.3 is 14.7 Å². The molecule has 19 heavy (non-hydrogen) atoms. The van der Waals surface area contributed by atoms with Gasteiger partial charge in [-0.3, -0.25) is 0 Å². The molecule has 1 aliphatic heterocycles. The average Bonchev–Trinajstić information content (AvgIpc) is 2.29. The number of amides is 1. The molecule has 0 aromatic heterocycles. The minimum absolute atomic E-state index is 0.121. The Morgan fingerprint density at radius 3 is 2.21 bits per heavy atom. The summed E-state index contributed by atoms with van der Waals surface area (Å²) in [5.41, 5.74) is 0.566. The lowest BCUT2D eigenvalue weighted by Gasteiger charge is -2.30. The number of hydrogen-bond donors (Lipinski definition) is 1. The molecule has 0 spiro atoms. The van der Waals surface area contributed by atoms with Crippen molar-refractivity contribution >= 4 is 12.1 Å². The zero-order chi connectivity index (χ0) is 15.2. The molecular formula is C14H25NO4. The van der Waals surface area contributed by atoms with E-state index in [1.807, 2.05) is 13.8 Å². The summed E-state index contributed by atoms with van der Waals surface area (Å²) >= 11 is 0. The van der Waals surface area contributed by atoms with E-state index in [0.29, 0.717) is 18.5 Å². The Balaban J connectivity index is 0.00000154. The van der Waals surface area contributed by atoms with Crippen LogP contribution in [0.5, 0.6) is 0 Å². The van der Waals surface area contributed by atoms with E-state index in [9.17, 15) is 9.59 Å². The minimum Gasteiger partial charge on any atom is -0.478 e. The van der Waals surface area contributed by atoms with Crippen molar-refractivity contribution in [3.63, 3.8) is 0 Å². The van der Waals surface area contributed by atoms with Crippen LogP contribution in [0.25, 0.3) is 0 Å². The molecule has 0 fully saturated rings. The third-order valence-corrected chi connectivity index (χ3v) is 2.53. The van der Waals surface area contributed by atoms with Gasteiger partial charge >= 0.3 is 12.1 Å². The lowest BCUT2D eigenvalue weighted by molar-refractivity contribution is -0.133. The highest BCUT2D eigenvalue weighted by molar-refractivity contribution is 5.89. The minimum atomic E-state index is -0.962. The zero-order valence-corrected chi connectivity index (χ0v) is 12.7. The number of carbonyl (C=O) groups is 2. The van der Waals surface area contributed by atoms with E-state index in [1.54, 1.807) is 27.7 Å². The molecule has 1 rings (SSSR count). The van der Waals surface area contributed by atoms with Crippen LogP contribution in [0, 0.1) is 0 Å². The summed E-state index contributed by atoms with van der Waals surface area (Å²) < 4.78 is 5.21. The molecule has 0 aromatic carbocycles. The highest BCUT2D eigenvalue weighted by atomic mass is 16.6. The molecule has 1 N–H and O–H groups in total. The fourth-order valence-electron chi connectivity index (χ4n) is 1.59. The number of rotatable bonds is 1. The molecule has 0 unspecified atom stereocenters. The Hall–Kier alpha value is -1.52. The lowest BCUT2D eigenvalue weighted by atomic mass is 10.0. The summed E-state index contributed by atoms with van der Waals surface area (Å²) in [7, 11) is 0. The zero-order valence-electron chi connectivity index (χ0n) is 12.7. The smallest absolute Gasteiger partial charge is 0.410 e. The molecule has 0 atom stereocenters. The predicted molar refractivity (Wildman–Crippen MR) is 74.1 cm³/mol. The Morgan fingerprint density at radius 2 is 1.79 bits per heavy atom. The summed E-state index contributed by atoms with van der Waals surface area (Å²) in [5, 5.41) is 9.00. The van der Waals surface area contributed by atoms with Gasteiger partial charge in [-0.25, -0.2) is 9.59 Å². The first-order chi connectivity index (χ1) is 8.70. The highest BCUT2D eigenvalue weighted by Gasteiger charge is 2.28. The number of aliphatic carboxylic acids is 1. The maximum absolute atomic E-state index is 11.8. The lowest BCUT2D eigenvalue weighted by Crippen LogP contribution is -2.41. The fraction of sp³-hybridized carbons (Fsp3) is 0.714. The molecule has 110 valence electrons. The molecule has 0 aromatic rings. The van der Waals surface area contributed by atoms with Crippen molar-refractivity contribution in [1.29, 1.82) is 0 Å². The number of hydrogen-bond acceptors (Lipinski definition) is 3. The molecule has 0 saturated heterocycles. The number of carboxylic acids is 1. The van der Waals surface area contributed by atoms with Crippen LogP contribution < -0.4 is 0 Å². The van der Waals surface area contributed by atoms with Crippen LogP contribution in [-0.4, -0.2) is 40.8 Å². The molecular weight excluding hydrogens is 246 g/mol. The maximum atomic E-state index is 11.8. The number of carboxylic acid groups (broad SMARTS) is 1. The van der Waals surface area contributed by atoms with Crippen molar-refractivity contribution < 1.29 is 19.4 Å². The molecule has 0 saturated carbocycles. The van der Waals surface area contributed by atoms with Crippen LogP contribution in [0.1, 0.15) is 48.0 Å². The Bertz CT molecular complexity index is 366. The molecule has 0 bridgehead atoms. The summed E-state index contributed by atoms with van der Waals surface area (Å²) in [4.78, 5) is 24.2. The first kappa shape index (κ1) is 17.5. The van der Waals surface area contributed by atoms with Gasteiger partial charge in [0.2, 0.25) is 0 Å². The molecule has 1 heterocycles. The van der Waals surface area contributed by atoms with Gasteiger partial charge in [-0.15, -0.1) is 0 Å². The normalized spacial score (nSPS) is 15.6. The quantitative estimate of drug-likeness (QED) is 0.796. The van der Waals surface area contributed by atoms with Crippen molar-refractivity contribution in [3.05, 3.63) is 11.1 Å². The number of carbonyl (C=O) groups excluding carboxylic acids is 1. The van der Waals surface area contributed by atoms with Crippen LogP contribution in [0.15, 0.2) is 11.1 Å². The average molecular weight is 271 g/mol. The van der Waals surface area contributed by atoms with Crippen molar-refractivity contribution in [1.82, 2.24) is 4.90 Å². The van der Waals surface area contributed by atoms with E-state index in [2.05, 4.69) is 0 Å². The summed E-state index contributed by atoms with van der Waals surface area (Å²) in [6.45, 7) is 11.8. The van der Waals surface area contributed by atoms with E-state index in [4.69, 9.17) is 9.84 Å². The molecule has 0 radical (unpaired) electrons. The van der Waals surface area contributed by atoms with Crippen LogP contribution in [0.2, 0.25) is 0 Å². The molecule has 5 nitrogen and oxygen atoms in total. The SMILES string of the molecule is CC.CC1=C(C(=O)O)CN(C(=O)OC(C)(C)C)CC1. The van der Waals surface area contributed by atoms with Crippen LogP contribution in [-0.2, 0) is 9.53 Å². The predicted octanol–water partition coefficient (Wildman–Crippen LogP) is 3.05. The van der Waals surface area contributed by atoms with Gasteiger partial charge in [-0.05, 0) is 34.1 Å². The monoisotopic (exact) mass is 271 g/mol. The van der Waals surface area contributed by atoms with Crippen molar-refractivity contribution in [2.45, 2.75) is 53.6 Å². The Morgan fingerprint density at radius 1 is 1.26 bits per heavy atom. The Kier molecular flexibility index (Phi) is 6.59. The topological polar surface area (TPSA) is 66.8 Å². The molecule has 1 amide bonds. The second kappa shape index (κ2) is 7.16. The third kappa shape index (κ3) is 5.77. The van der Waals surface area contributed by atoms with Gasteiger partial charge in [-0.2, -0.15) is 0 Å². The van der Waals surface area contributed by atoms with Gasteiger partial charge in [-0.1, -0.05) is 19.4 Å². The van der Waals surface area contributed by atoms with E-state index in [0.717, 1.165) is 5.57 Å². The van der Waals surface area contributed by atoms with Crippen LogP contribution >= 0.6 is 0 Å². The summed E-state index contributed by atoms with van der Waals surface area (Å²) in [5.74, 6) is -0.962. The largest absolute Gasteiger partial charge is 0.478 e.